The number of hydrogen-bond donors (Lipinski definition) is 1. The second-order valence-electron chi connectivity index (χ2n) is 5.95. The van der Waals surface area contributed by atoms with E-state index in [-0.39, 0.29) is 17.5 Å². The molecule has 2 aliphatic heterocycles. The first kappa shape index (κ1) is 13.8. The number of methoxy groups -OCH3 is 1. The van der Waals surface area contributed by atoms with Crippen molar-refractivity contribution in [1.29, 1.82) is 0 Å². The topological polar surface area (TPSA) is 41.6 Å². The largest absolute Gasteiger partial charge is 0.381 e. The van der Waals surface area contributed by atoms with E-state index in [1.54, 1.807) is 7.11 Å². The first-order chi connectivity index (χ1) is 8.57. The molecule has 1 N–H and O–H groups in total. The van der Waals surface area contributed by atoms with Gasteiger partial charge in [0.25, 0.3) is 0 Å². The van der Waals surface area contributed by atoms with E-state index in [2.05, 4.69) is 19.2 Å². The van der Waals surface area contributed by atoms with Gasteiger partial charge in [0.2, 0.25) is 5.91 Å². The van der Waals surface area contributed by atoms with Gasteiger partial charge in [0.1, 0.15) is 0 Å². The third-order valence-corrected chi connectivity index (χ3v) is 4.51. The van der Waals surface area contributed by atoms with Crippen LogP contribution in [-0.4, -0.2) is 48.7 Å². The number of carbonyl (C=O) groups is 1. The summed E-state index contributed by atoms with van der Waals surface area (Å²) in [6, 6.07) is 0.289. The van der Waals surface area contributed by atoms with Crippen molar-refractivity contribution < 1.29 is 9.53 Å². The van der Waals surface area contributed by atoms with Crippen molar-refractivity contribution in [3.8, 4) is 0 Å². The molecular formula is C14H26N2O2. The summed E-state index contributed by atoms with van der Waals surface area (Å²) in [5, 5.41) is 3.42. The summed E-state index contributed by atoms with van der Waals surface area (Å²) in [5.41, 5.74) is -0.341. The van der Waals surface area contributed by atoms with Crippen LogP contribution in [0.4, 0.5) is 0 Å². The molecule has 2 rings (SSSR count). The van der Waals surface area contributed by atoms with Crippen LogP contribution in [0, 0.1) is 0 Å². The van der Waals surface area contributed by atoms with E-state index in [1.807, 2.05) is 4.90 Å². The van der Waals surface area contributed by atoms with Crippen LogP contribution in [0.1, 0.15) is 46.0 Å². The number of ether oxygens (including phenoxy) is 1. The lowest BCUT2D eigenvalue weighted by molar-refractivity contribution is -0.144. The highest BCUT2D eigenvalue weighted by Crippen LogP contribution is 2.26. The van der Waals surface area contributed by atoms with Crippen molar-refractivity contribution in [1.82, 2.24) is 10.2 Å². The highest BCUT2D eigenvalue weighted by molar-refractivity contribution is 5.86. The van der Waals surface area contributed by atoms with Crippen molar-refractivity contribution >= 4 is 5.91 Å². The molecule has 3 unspecified atom stereocenters. The minimum atomic E-state index is -0.341. The Morgan fingerprint density at radius 1 is 1.44 bits per heavy atom. The Morgan fingerprint density at radius 3 is 2.78 bits per heavy atom. The Morgan fingerprint density at radius 2 is 2.22 bits per heavy atom. The molecule has 0 saturated carbocycles. The average molecular weight is 254 g/mol. The van der Waals surface area contributed by atoms with Crippen LogP contribution in [0.3, 0.4) is 0 Å². The zero-order valence-corrected chi connectivity index (χ0v) is 11.9. The zero-order valence-electron chi connectivity index (χ0n) is 11.9. The molecule has 18 heavy (non-hydrogen) atoms. The van der Waals surface area contributed by atoms with Crippen molar-refractivity contribution in [3.63, 3.8) is 0 Å². The fourth-order valence-corrected chi connectivity index (χ4v) is 3.20. The molecule has 2 heterocycles. The SMILES string of the molecule is COC1CCN(C(=O)C2(C)CCCCN2)C(C)C1. The summed E-state index contributed by atoms with van der Waals surface area (Å²) in [5.74, 6) is 0.282. The van der Waals surface area contributed by atoms with Gasteiger partial charge in [-0.3, -0.25) is 4.79 Å². The maximum absolute atomic E-state index is 12.7. The Bertz CT molecular complexity index is 300. The number of carbonyl (C=O) groups excluding carboxylic acids is 1. The van der Waals surface area contributed by atoms with Gasteiger partial charge < -0.3 is 15.0 Å². The van der Waals surface area contributed by atoms with Crippen molar-refractivity contribution in [3.05, 3.63) is 0 Å². The van der Waals surface area contributed by atoms with E-state index in [0.717, 1.165) is 38.8 Å². The molecule has 0 aromatic heterocycles. The van der Waals surface area contributed by atoms with E-state index < -0.39 is 0 Å². The Labute approximate surface area is 110 Å². The molecule has 0 aromatic carbocycles. The van der Waals surface area contributed by atoms with Gasteiger partial charge in [-0.25, -0.2) is 0 Å². The summed E-state index contributed by atoms with van der Waals surface area (Å²) < 4.78 is 5.41. The van der Waals surface area contributed by atoms with E-state index in [9.17, 15) is 4.79 Å². The highest BCUT2D eigenvalue weighted by atomic mass is 16.5. The molecule has 2 aliphatic rings. The van der Waals surface area contributed by atoms with Crippen molar-refractivity contribution in [2.45, 2.75) is 63.6 Å². The minimum absolute atomic E-state index is 0.282. The number of nitrogens with zero attached hydrogens (tertiary/aromatic N) is 1. The lowest BCUT2D eigenvalue weighted by Crippen LogP contribution is -2.61. The monoisotopic (exact) mass is 254 g/mol. The molecule has 0 radical (unpaired) electrons. The van der Waals surface area contributed by atoms with Gasteiger partial charge in [-0.15, -0.1) is 0 Å². The van der Waals surface area contributed by atoms with Gasteiger partial charge in [-0.1, -0.05) is 0 Å². The second-order valence-corrected chi connectivity index (χ2v) is 5.95. The standard InChI is InChI=1S/C14H26N2O2/c1-11-10-12(18-3)6-9-16(11)13(17)14(2)7-4-5-8-15-14/h11-12,15H,4-10H2,1-3H3. The molecule has 2 fully saturated rings. The number of rotatable bonds is 2. The molecule has 0 spiro atoms. The number of nitrogens with one attached hydrogen (secondary N) is 1. The Hall–Kier alpha value is -0.610. The maximum Gasteiger partial charge on any atom is 0.242 e. The third-order valence-electron chi connectivity index (χ3n) is 4.51. The van der Waals surface area contributed by atoms with Crippen LogP contribution in [0.25, 0.3) is 0 Å². The molecule has 0 aliphatic carbocycles. The van der Waals surface area contributed by atoms with Crippen LogP contribution < -0.4 is 5.32 Å². The fraction of sp³-hybridized carbons (Fsp3) is 0.929. The van der Waals surface area contributed by atoms with Crippen molar-refractivity contribution in [2.75, 3.05) is 20.2 Å². The third kappa shape index (κ3) is 2.69. The van der Waals surface area contributed by atoms with Crippen molar-refractivity contribution in [2.24, 2.45) is 0 Å². The summed E-state index contributed by atoms with van der Waals surface area (Å²) in [4.78, 5) is 14.8. The highest BCUT2D eigenvalue weighted by Gasteiger charge is 2.40. The number of hydrogen-bond acceptors (Lipinski definition) is 3. The normalized spacial score (nSPS) is 37.6. The molecule has 0 aromatic rings. The molecule has 2 saturated heterocycles. The quantitative estimate of drug-likeness (QED) is 0.813. The second kappa shape index (κ2) is 5.57. The summed E-state index contributed by atoms with van der Waals surface area (Å²) in [7, 11) is 1.76. The molecule has 0 bridgehead atoms. The number of likely N-dealkylation sites (tertiary alicyclic amines) is 1. The molecule has 4 heteroatoms. The molecule has 3 atom stereocenters. The lowest BCUT2D eigenvalue weighted by Gasteiger charge is -2.43. The van der Waals surface area contributed by atoms with Gasteiger partial charge >= 0.3 is 0 Å². The fourth-order valence-electron chi connectivity index (χ4n) is 3.20. The van der Waals surface area contributed by atoms with E-state index in [4.69, 9.17) is 4.74 Å². The van der Waals surface area contributed by atoms with E-state index in [1.165, 1.54) is 6.42 Å². The van der Waals surface area contributed by atoms with Crippen LogP contribution in [0.5, 0.6) is 0 Å². The summed E-state index contributed by atoms with van der Waals surface area (Å²) in [6.07, 6.45) is 5.53. The number of piperidine rings is 2. The minimum Gasteiger partial charge on any atom is -0.381 e. The Balaban J connectivity index is 2.00. The van der Waals surface area contributed by atoms with Crippen LogP contribution in [0.2, 0.25) is 0 Å². The number of amides is 1. The van der Waals surface area contributed by atoms with Crippen LogP contribution >= 0.6 is 0 Å². The van der Waals surface area contributed by atoms with Crippen LogP contribution in [0.15, 0.2) is 0 Å². The summed E-state index contributed by atoms with van der Waals surface area (Å²) in [6.45, 7) is 5.99. The van der Waals surface area contributed by atoms with Gasteiger partial charge in [-0.2, -0.15) is 0 Å². The van der Waals surface area contributed by atoms with E-state index in [0.29, 0.717) is 6.10 Å². The first-order valence-electron chi connectivity index (χ1n) is 7.16. The summed E-state index contributed by atoms with van der Waals surface area (Å²) >= 11 is 0. The molecule has 104 valence electrons. The van der Waals surface area contributed by atoms with Gasteiger partial charge in [0.15, 0.2) is 0 Å². The zero-order chi connectivity index (χ0) is 13.2. The Kier molecular flexibility index (Phi) is 4.28. The van der Waals surface area contributed by atoms with Gasteiger partial charge in [0, 0.05) is 19.7 Å². The molecular weight excluding hydrogens is 228 g/mol. The van der Waals surface area contributed by atoms with E-state index >= 15 is 0 Å². The first-order valence-corrected chi connectivity index (χ1v) is 7.16. The molecule has 1 amide bonds. The molecule has 4 nitrogen and oxygen atoms in total. The maximum atomic E-state index is 12.7. The van der Waals surface area contributed by atoms with Crippen LogP contribution in [-0.2, 0) is 9.53 Å². The van der Waals surface area contributed by atoms with Gasteiger partial charge in [0.05, 0.1) is 11.6 Å². The smallest absolute Gasteiger partial charge is 0.242 e. The average Bonchev–Trinajstić information content (AvgIpc) is 2.38. The predicted molar refractivity (Wildman–Crippen MR) is 71.5 cm³/mol. The van der Waals surface area contributed by atoms with Gasteiger partial charge in [-0.05, 0) is 52.5 Å². The predicted octanol–water partition coefficient (Wildman–Crippen LogP) is 1.54. The lowest BCUT2D eigenvalue weighted by atomic mass is 9.87.